The molecule has 0 radical (unpaired) electrons. The molecule has 0 spiro atoms. The van der Waals surface area contributed by atoms with Gasteiger partial charge in [0.25, 0.3) is 0 Å². The molecule has 2 nitrogen and oxygen atoms in total. The van der Waals surface area contributed by atoms with Crippen molar-refractivity contribution in [2.24, 2.45) is 5.16 Å². The maximum Gasteiger partial charge on any atom is 0.119 e. The highest BCUT2D eigenvalue weighted by Crippen LogP contribution is 1.98. The van der Waals surface area contributed by atoms with Crippen LogP contribution in [0.2, 0.25) is 0 Å². The first-order valence-electron chi connectivity index (χ1n) is 3.45. The Morgan fingerprint density at radius 1 is 1.55 bits per heavy atom. The molecule has 0 aliphatic rings. The zero-order valence-electron chi connectivity index (χ0n) is 6.71. The summed E-state index contributed by atoms with van der Waals surface area (Å²) < 4.78 is 12.4. The van der Waals surface area contributed by atoms with Gasteiger partial charge in [0.1, 0.15) is 5.83 Å². The van der Waals surface area contributed by atoms with Crippen molar-refractivity contribution in [3.05, 3.63) is 24.1 Å². The third-order valence-electron chi connectivity index (χ3n) is 1.20. The molecule has 0 rings (SSSR count). The first-order valence-corrected chi connectivity index (χ1v) is 3.45. The van der Waals surface area contributed by atoms with E-state index in [1.54, 1.807) is 6.92 Å². The maximum absolute atomic E-state index is 12.4. The van der Waals surface area contributed by atoms with E-state index in [2.05, 4.69) is 5.16 Å². The van der Waals surface area contributed by atoms with E-state index in [9.17, 15) is 4.39 Å². The van der Waals surface area contributed by atoms with E-state index in [0.29, 0.717) is 12.1 Å². The highest BCUT2D eigenvalue weighted by Gasteiger charge is 1.89. The van der Waals surface area contributed by atoms with Gasteiger partial charge in [0.15, 0.2) is 0 Å². The van der Waals surface area contributed by atoms with Crippen molar-refractivity contribution in [1.82, 2.24) is 0 Å². The molecule has 11 heavy (non-hydrogen) atoms. The molecule has 1 N–H and O–H groups in total. The number of oxime groups is 1. The van der Waals surface area contributed by atoms with E-state index >= 15 is 0 Å². The van der Waals surface area contributed by atoms with Crippen LogP contribution in [0.4, 0.5) is 4.39 Å². The molecule has 0 aromatic carbocycles. The lowest BCUT2D eigenvalue weighted by Crippen LogP contribution is -1.88. The Morgan fingerprint density at radius 2 is 2.18 bits per heavy atom. The lowest BCUT2D eigenvalue weighted by atomic mass is 10.2. The number of rotatable bonds is 3. The van der Waals surface area contributed by atoms with Gasteiger partial charge in [-0.05, 0) is 25.5 Å². The van der Waals surface area contributed by atoms with Crippen LogP contribution in [0.5, 0.6) is 0 Å². The van der Waals surface area contributed by atoms with Crippen molar-refractivity contribution in [2.45, 2.75) is 20.3 Å². The highest BCUT2D eigenvalue weighted by molar-refractivity contribution is 5.94. The number of hydrogen-bond acceptors (Lipinski definition) is 2. The van der Waals surface area contributed by atoms with Crippen molar-refractivity contribution >= 4 is 5.71 Å². The van der Waals surface area contributed by atoms with Crippen molar-refractivity contribution in [2.75, 3.05) is 0 Å². The third kappa shape index (κ3) is 4.31. The lowest BCUT2D eigenvalue weighted by Gasteiger charge is -1.89. The fourth-order valence-electron chi connectivity index (χ4n) is 0.494. The SMILES string of the molecule is C\C=C(F)/C=C\C(CC)=N\O. The summed E-state index contributed by atoms with van der Waals surface area (Å²) >= 11 is 0. The molecule has 0 bridgehead atoms. The van der Waals surface area contributed by atoms with E-state index in [1.165, 1.54) is 18.2 Å². The van der Waals surface area contributed by atoms with Crippen LogP contribution in [-0.4, -0.2) is 10.9 Å². The maximum atomic E-state index is 12.4. The molecule has 0 aromatic rings. The van der Waals surface area contributed by atoms with Gasteiger partial charge in [-0.3, -0.25) is 0 Å². The summed E-state index contributed by atoms with van der Waals surface area (Å²) in [5.74, 6) is -0.334. The van der Waals surface area contributed by atoms with Crippen LogP contribution in [0.25, 0.3) is 0 Å². The van der Waals surface area contributed by atoms with E-state index in [0.717, 1.165) is 0 Å². The van der Waals surface area contributed by atoms with Crippen LogP contribution < -0.4 is 0 Å². The molecule has 0 atom stereocenters. The van der Waals surface area contributed by atoms with Gasteiger partial charge in [-0.1, -0.05) is 18.2 Å². The van der Waals surface area contributed by atoms with Gasteiger partial charge >= 0.3 is 0 Å². The summed E-state index contributed by atoms with van der Waals surface area (Å²) in [6, 6.07) is 0. The minimum Gasteiger partial charge on any atom is -0.411 e. The van der Waals surface area contributed by atoms with Crippen LogP contribution in [0, 0.1) is 0 Å². The Labute approximate surface area is 65.7 Å². The quantitative estimate of drug-likeness (QED) is 0.290. The van der Waals surface area contributed by atoms with Gasteiger partial charge in [0, 0.05) is 0 Å². The number of nitrogens with zero attached hydrogens (tertiary/aromatic N) is 1. The van der Waals surface area contributed by atoms with Crippen LogP contribution >= 0.6 is 0 Å². The number of hydrogen-bond donors (Lipinski definition) is 1. The molecule has 0 aliphatic carbocycles. The fourth-order valence-corrected chi connectivity index (χ4v) is 0.494. The van der Waals surface area contributed by atoms with E-state index in [-0.39, 0.29) is 5.83 Å². The largest absolute Gasteiger partial charge is 0.411 e. The van der Waals surface area contributed by atoms with Crippen LogP contribution in [0.15, 0.2) is 29.2 Å². The van der Waals surface area contributed by atoms with E-state index < -0.39 is 0 Å². The predicted molar refractivity (Wildman–Crippen MR) is 43.5 cm³/mol. The molecular formula is C8H12FNO. The number of halogens is 1. The second kappa shape index (κ2) is 5.65. The number of allylic oxidation sites excluding steroid dienone is 4. The fraction of sp³-hybridized carbons (Fsp3) is 0.375. The van der Waals surface area contributed by atoms with Crippen molar-refractivity contribution in [3.63, 3.8) is 0 Å². The molecule has 0 aromatic heterocycles. The average molecular weight is 157 g/mol. The Bertz CT molecular complexity index is 194. The standard InChI is InChI=1S/C8H12FNO/c1-3-7(9)5-6-8(4-2)10-11/h3,5-6,11H,4H2,1-2H3/b6-5-,7-3+,10-8+. The Hall–Kier alpha value is -1.12. The molecule has 0 saturated carbocycles. The van der Waals surface area contributed by atoms with Crippen molar-refractivity contribution in [3.8, 4) is 0 Å². The van der Waals surface area contributed by atoms with Gasteiger partial charge < -0.3 is 5.21 Å². The average Bonchev–Trinajstić information content (AvgIpc) is 2.06. The molecule has 0 unspecified atom stereocenters. The van der Waals surface area contributed by atoms with Gasteiger partial charge in [0.05, 0.1) is 5.71 Å². The summed E-state index contributed by atoms with van der Waals surface area (Å²) in [5, 5.41) is 11.3. The normalized spacial score (nSPS) is 14.5. The molecule has 0 fully saturated rings. The molecule has 3 heteroatoms. The Balaban J connectivity index is 4.12. The molecule has 62 valence electrons. The summed E-state index contributed by atoms with van der Waals surface area (Å²) in [6.07, 6.45) is 4.62. The highest BCUT2D eigenvalue weighted by atomic mass is 19.1. The molecular weight excluding hydrogens is 145 g/mol. The summed E-state index contributed by atoms with van der Waals surface area (Å²) in [7, 11) is 0. The first-order chi connectivity index (χ1) is 5.24. The van der Waals surface area contributed by atoms with Crippen LogP contribution in [-0.2, 0) is 0 Å². The molecule has 0 aliphatic heterocycles. The zero-order valence-corrected chi connectivity index (χ0v) is 6.71. The van der Waals surface area contributed by atoms with Gasteiger partial charge in [-0.25, -0.2) is 4.39 Å². The topological polar surface area (TPSA) is 32.6 Å². The minimum atomic E-state index is -0.334. The monoisotopic (exact) mass is 157 g/mol. The van der Waals surface area contributed by atoms with E-state index in [4.69, 9.17) is 5.21 Å². The minimum absolute atomic E-state index is 0.334. The zero-order chi connectivity index (χ0) is 8.69. The first kappa shape index (κ1) is 9.88. The van der Waals surface area contributed by atoms with Crippen molar-refractivity contribution < 1.29 is 9.60 Å². The second-order valence-electron chi connectivity index (χ2n) is 1.95. The van der Waals surface area contributed by atoms with Gasteiger partial charge in [-0.2, -0.15) is 0 Å². The van der Waals surface area contributed by atoms with E-state index in [1.807, 2.05) is 6.92 Å². The predicted octanol–water partition coefficient (Wildman–Crippen LogP) is 2.66. The van der Waals surface area contributed by atoms with Crippen molar-refractivity contribution in [1.29, 1.82) is 0 Å². The molecule has 0 saturated heterocycles. The Morgan fingerprint density at radius 3 is 2.55 bits per heavy atom. The molecule has 0 heterocycles. The third-order valence-corrected chi connectivity index (χ3v) is 1.20. The van der Waals surface area contributed by atoms with Gasteiger partial charge in [-0.15, -0.1) is 0 Å². The smallest absolute Gasteiger partial charge is 0.119 e. The summed E-state index contributed by atoms with van der Waals surface area (Å²) in [4.78, 5) is 0. The van der Waals surface area contributed by atoms with Crippen LogP contribution in [0.3, 0.4) is 0 Å². The molecule has 0 amide bonds. The lowest BCUT2D eigenvalue weighted by molar-refractivity contribution is 0.318. The van der Waals surface area contributed by atoms with Gasteiger partial charge in [0.2, 0.25) is 0 Å². The summed E-state index contributed by atoms with van der Waals surface area (Å²) in [6.45, 7) is 3.42. The summed E-state index contributed by atoms with van der Waals surface area (Å²) in [5.41, 5.74) is 0.460. The van der Waals surface area contributed by atoms with Crippen LogP contribution in [0.1, 0.15) is 20.3 Å². The second-order valence-corrected chi connectivity index (χ2v) is 1.95. The Kier molecular flexibility index (Phi) is 5.07.